The van der Waals surface area contributed by atoms with Gasteiger partial charge in [-0.1, -0.05) is 71.4 Å². The van der Waals surface area contributed by atoms with Crippen LogP contribution in [0.3, 0.4) is 0 Å². The molecule has 0 fully saturated rings. The summed E-state index contributed by atoms with van der Waals surface area (Å²) in [5.41, 5.74) is 4.46. The van der Waals surface area contributed by atoms with Gasteiger partial charge in [-0.15, -0.1) is 0 Å². The van der Waals surface area contributed by atoms with Gasteiger partial charge in [-0.05, 0) is 48.4 Å². The molecule has 0 radical (unpaired) electrons. The number of imidazole rings is 1. The molecule has 3 aromatic carbocycles. The molecule has 1 heterocycles. The largest absolute Gasteiger partial charge is 0.462 e. The van der Waals surface area contributed by atoms with Gasteiger partial charge in [0.2, 0.25) is 0 Å². The summed E-state index contributed by atoms with van der Waals surface area (Å²) in [5, 5.41) is 1.95. The normalized spacial score (nSPS) is 11.1. The van der Waals surface area contributed by atoms with E-state index < -0.39 is 0 Å². The topological polar surface area (TPSA) is 44.1 Å². The van der Waals surface area contributed by atoms with Crippen LogP contribution >= 0.6 is 35.0 Å². The predicted octanol–water partition coefficient (Wildman–Crippen LogP) is 6.86. The van der Waals surface area contributed by atoms with Crippen molar-refractivity contribution in [2.24, 2.45) is 0 Å². The zero-order valence-corrected chi connectivity index (χ0v) is 19.2. The second-order valence-corrected chi connectivity index (χ2v) is 8.68. The lowest BCUT2D eigenvalue weighted by Gasteiger charge is -2.10. The first kappa shape index (κ1) is 21.8. The highest BCUT2D eigenvalue weighted by atomic mass is 35.5. The first-order valence-corrected chi connectivity index (χ1v) is 11.6. The summed E-state index contributed by atoms with van der Waals surface area (Å²) in [7, 11) is 0. The van der Waals surface area contributed by atoms with Crippen molar-refractivity contribution in [3.63, 3.8) is 0 Å². The Morgan fingerprint density at radius 2 is 1.81 bits per heavy atom. The molecule has 0 aliphatic carbocycles. The molecule has 7 heteroatoms. The van der Waals surface area contributed by atoms with Gasteiger partial charge in [0.25, 0.3) is 0 Å². The monoisotopic (exact) mass is 470 g/mol. The molecular formula is C24H20Cl2N2O2S. The van der Waals surface area contributed by atoms with Crippen molar-refractivity contribution in [3.8, 4) is 0 Å². The number of hydrogen-bond donors (Lipinski definition) is 0. The van der Waals surface area contributed by atoms with Crippen LogP contribution in [0.5, 0.6) is 0 Å². The quantitative estimate of drug-likeness (QED) is 0.218. The number of aromatic nitrogens is 2. The minimum absolute atomic E-state index is 0.337. The molecule has 4 aromatic rings. The van der Waals surface area contributed by atoms with Gasteiger partial charge >= 0.3 is 5.97 Å². The summed E-state index contributed by atoms with van der Waals surface area (Å²) in [5.74, 6) is 0.353. The molecule has 0 atom stereocenters. The second-order valence-electron chi connectivity index (χ2n) is 6.93. The van der Waals surface area contributed by atoms with Crippen LogP contribution < -0.4 is 0 Å². The molecule has 158 valence electrons. The highest BCUT2D eigenvalue weighted by Gasteiger charge is 2.15. The predicted molar refractivity (Wildman–Crippen MR) is 127 cm³/mol. The van der Waals surface area contributed by atoms with E-state index in [1.165, 1.54) is 5.56 Å². The van der Waals surface area contributed by atoms with Gasteiger partial charge in [-0.3, -0.25) is 0 Å². The van der Waals surface area contributed by atoms with Gasteiger partial charge < -0.3 is 9.30 Å². The minimum Gasteiger partial charge on any atom is -0.462 e. The lowest BCUT2D eigenvalue weighted by molar-refractivity contribution is 0.0526. The number of esters is 1. The number of fused-ring (bicyclic) bond motifs is 1. The van der Waals surface area contributed by atoms with Gasteiger partial charge in [-0.2, -0.15) is 0 Å². The number of benzene rings is 3. The number of hydrogen-bond acceptors (Lipinski definition) is 4. The summed E-state index contributed by atoms with van der Waals surface area (Å²) in [4.78, 5) is 17.0. The lowest BCUT2D eigenvalue weighted by atomic mass is 10.2. The van der Waals surface area contributed by atoms with Crippen molar-refractivity contribution in [1.29, 1.82) is 0 Å². The van der Waals surface area contributed by atoms with Gasteiger partial charge in [0.15, 0.2) is 5.16 Å². The van der Waals surface area contributed by atoms with E-state index in [4.69, 9.17) is 32.9 Å². The molecule has 0 unspecified atom stereocenters. The molecule has 0 saturated heterocycles. The third-order valence-electron chi connectivity index (χ3n) is 4.76. The summed E-state index contributed by atoms with van der Waals surface area (Å²) >= 11 is 13.8. The number of thioether (sulfide) groups is 1. The fraction of sp³-hybridized carbons (Fsp3) is 0.167. The van der Waals surface area contributed by atoms with E-state index in [1.807, 2.05) is 36.4 Å². The number of rotatable bonds is 7. The number of nitrogens with zero attached hydrogens (tertiary/aromatic N) is 2. The maximum absolute atomic E-state index is 12.2. The zero-order valence-electron chi connectivity index (χ0n) is 16.8. The minimum atomic E-state index is -0.341. The van der Waals surface area contributed by atoms with Crippen molar-refractivity contribution in [1.82, 2.24) is 9.55 Å². The molecular weight excluding hydrogens is 451 g/mol. The average molecular weight is 471 g/mol. The van der Waals surface area contributed by atoms with Crippen LogP contribution in [0.25, 0.3) is 11.0 Å². The lowest BCUT2D eigenvalue weighted by Crippen LogP contribution is -2.04. The van der Waals surface area contributed by atoms with Crippen molar-refractivity contribution >= 4 is 52.0 Å². The van der Waals surface area contributed by atoms with Crippen molar-refractivity contribution in [2.45, 2.75) is 24.4 Å². The van der Waals surface area contributed by atoms with Crippen LogP contribution in [0.1, 0.15) is 28.4 Å². The van der Waals surface area contributed by atoms with Crippen LogP contribution in [0, 0.1) is 0 Å². The molecule has 0 aliphatic heterocycles. The molecule has 0 bridgehead atoms. The molecule has 0 spiro atoms. The third kappa shape index (κ3) is 5.06. The number of ether oxygens (including phenoxy) is 1. The van der Waals surface area contributed by atoms with E-state index in [2.05, 4.69) is 16.7 Å². The smallest absolute Gasteiger partial charge is 0.338 e. The Morgan fingerprint density at radius 1 is 1.00 bits per heavy atom. The van der Waals surface area contributed by atoms with E-state index in [1.54, 1.807) is 36.9 Å². The highest BCUT2D eigenvalue weighted by molar-refractivity contribution is 7.98. The Labute approximate surface area is 195 Å². The summed E-state index contributed by atoms with van der Waals surface area (Å²) < 4.78 is 7.30. The molecule has 0 saturated carbocycles. The van der Waals surface area contributed by atoms with Crippen LogP contribution in [0.15, 0.2) is 71.9 Å². The van der Waals surface area contributed by atoms with E-state index in [-0.39, 0.29) is 5.97 Å². The molecule has 4 nitrogen and oxygen atoms in total. The van der Waals surface area contributed by atoms with Gasteiger partial charge in [0, 0.05) is 5.75 Å². The Balaban J connectivity index is 1.69. The molecule has 31 heavy (non-hydrogen) atoms. The first-order chi connectivity index (χ1) is 15.0. The SMILES string of the molecule is CCOC(=O)c1ccc2c(c1)nc(SCc1ccc(Cl)c(Cl)c1)n2Cc1ccccc1. The first-order valence-electron chi connectivity index (χ1n) is 9.83. The van der Waals surface area contributed by atoms with E-state index >= 15 is 0 Å². The van der Waals surface area contributed by atoms with Gasteiger partial charge in [0.05, 0.1) is 39.8 Å². The molecule has 0 N–H and O–H groups in total. The summed E-state index contributed by atoms with van der Waals surface area (Å²) in [6.07, 6.45) is 0. The van der Waals surface area contributed by atoms with Crippen LogP contribution in [0.2, 0.25) is 10.0 Å². The maximum atomic E-state index is 12.2. The standard InChI is InChI=1S/C24H20Cl2N2O2S/c1-2-30-23(29)18-9-11-22-21(13-18)27-24(28(22)14-16-6-4-3-5-7-16)31-15-17-8-10-19(25)20(26)12-17/h3-13H,2,14-15H2,1H3. The van der Waals surface area contributed by atoms with Crippen molar-refractivity contribution in [2.75, 3.05) is 6.61 Å². The van der Waals surface area contributed by atoms with E-state index in [0.717, 1.165) is 21.8 Å². The van der Waals surface area contributed by atoms with Gasteiger partial charge in [0.1, 0.15) is 0 Å². The Kier molecular flexibility index (Phi) is 6.86. The fourth-order valence-corrected chi connectivity index (χ4v) is 4.53. The zero-order chi connectivity index (χ0) is 21.8. The summed E-state index contributed by atoms with van der Waals surface area (Å²) in [6, 6.07) is 21.4. The molecule has 4 rings (SSSR count). The van der Waals surface area contributed by atoms with Gasteiger partial charge in [-0.25, -0.2) is 9.78 Å². The number of halogens is 2. The molecule has 0 amide bonds. The molecule has 0 aliphatic rings. The summed E-state index contributed by atoms with van der Waals surface area (Å²) in [6.45, 7) is 2.81. The van der Waals surface area contributed by atoms with Crippen molar-refractivity contribution in [3.05, 3.63) is 93.5 Å². The Hall–Kier alpha value is -2.47. The number of carbonyl (C=O) groups excluding carboxylic acids is 1. The Bertz CT molecular complexity index is 1230. The van der Waals surface area contributed by atoms with Crippen LogP contribution in [0.4, 0.5) is 0 Å². The van der Waals surface area contributed by atoms with Crippen LogP contribution in [-0.2, 0) is 17.0 Å². The number of carbonyl (C=O) groups is 1. The Morgan fingerprint density at radius 3 is 2.55 bits per heavy atom. The second kappa shape index (κ2) is 9.77. The average Bonchev–Trinajstić information content (AvgIpc) is 3.12. The molecule has 1 aromatic heterocycles. The maximum Gasteiger partial charge on any atom is 0.338 e. The van der Waals surface area contributed by atoms with Crippen molar-refractivity contribution < 1.29 is 9.53 Å². The van der Waals surface area contributed by atoms with E-state index in [9.17, 15) is 4.79 Å². The van der Waals surface area contributed by atoms with Crippen LogP contribution in [-0.4, -0.2) is 22.1 Å². The van der Waals surface area contributed by atoms with E-state index in [0.29, 0.717) is 34.5 Å². The fourth-order valence-electron chi connectivity index (χ4n) is 3.26. The third-order valence-corrected chi connectivity index (χ3v) is 6.55. The highest BCUT2D eigenvalue weighted by Crippen LogP contribution is 2.30.